The van der Waals surface area contributed by atoms with Crippen LogP contribution in [0.15, 0.2) is 22.6 Å². The Morgan fingerprint density at radius 3 is 2.48 bits per heavy atom. The number of benzene rings is 1. The molecule has 7 heteroatoms. The maximum absolute atomic E-state index is 12.9. The Kier molecular flexibility index (Phi) is 4.09. The van der Waals surface area contributed by atoms with Crippen molar-refractivity contribution >= 4 is 17.5 Å². The van der Waals surface area contributed by atoms with E-state index in [9.17, 15) is 18.3 Å². The van der Waals surface area contributed by atoms with Gasteiger partial charge in [-0.2, -0.15) is 13.2 Å². The first-order chi connectivity index (χ1) is 9.77. The van der Waals surface area contributed by atoms with E-state index in [2.05, 4.69) is 5.32 Å². The largest absolute Gasteiger partial charge is 0.504 e. The Hall–Kier alpha value is -1.82. The van der Waals surface area contributed by atoms with Crippen molar-refractivity contribution < 1.29 is 22.7 Å². The number of rotatable bonds is 3. The molecule has 0 amide bonds. The first-order valence-corrected chi connectivity index (χ1v) is 6.56. The van der Waals surface area contributed by atoms with E-state index in [1.165, 1.54) is 6.07 Å². The average Bonchev–Trinajstić information content (AvgIpc) is 2.73. The smallest absolute Gasteiger partial charge is 0.416 e. The van der Waals surface area contributed by atoms with Crippen molar-refractivity contribution in [1.82, 2.24) is 0 Å². The molecule has 0 saturated heterocycles. The Morgan fingerprint density at radius 1 is 1.29 bits per heavy atom. The Morgan fingerprint density at radius 2 is 1.95 bits per heavy atom. The highest BCUT2D eigenvalue weighted by Gasteiger charge is 2.32. The van der Waals surface area contributed by atoms with Crippen molar-refractivity contribution in [2.24, 2.45) is 0 Å². The van der Waals surface area contributed by atoms with Crippen LogP contribution in [-0.4, -0.2) is 12.2 Å². The number of alkyl halides is 3. The van der Waals surface area contributed by atoms with Gasteiger partial charge < -0.3 is 14.8 Å². The van der Waals surface area contributed by atoms with Gasteiger partial charge in [0, 0.05) is 18.5 Å². The molecule has 0 aliphatic carbocycles. The van der Waals surface area contributed by atoms with Crippen LogP contribution in [0.5, 0.6) is 5.75 Å². The average molecular weight is 320 g/mol. The third-order valence-corrected chi connectivity index (χ3v) is 3.23. The van der Waals surface area contributed by atoms with Gasteiger partial charge in [0.2, 0.25) is 5.88 Å². The fraction of sp³-hybridized carbons (Fsp3) is 0.286. The maximum atomic E-state index is 12.9. The summed E-state index contributed by atoms with van der Waals surface area (Å²) in [7, 11) is 1.55. The summed E-state index contributed by atoms with van der Waals surface area (Å²) in [4.78, 5) is 0. The molecular formula is C14H13ClF3NO2. The second-order valence-corrected chi connectivity index (χ2v) is 4.84. The number of hydrogen-bond donors (Lipinski definition) is 2. The summed E-state index contributed by atoms with van der Waals surface area (Å²) in [5, 5.41) is 12.8. The first kappa shape index (κ1) is 15.6. The molecule has 0 spiro atoms. The normalized spacial score (nSPS) is 11.7. The lowest BCUT2D eigenvalue weighted by Crippen LogP contribution is -2.05. The van der Waals surface area contributed by atoms with Crippen LogP contribution in [-0.2, 0) is 12.6 Å². The topological polar surface area (TPSA) is 45.4 Å². The molecule has 1 heterocycles. The predicted octanol–water partition coefficient (Wildman–Crippen LogP) is 4.93. The van der Waals surface area contributed by atoms with Crippen molar-refractivity contribution in [1.29, 1.82) is 0 Å². The molecule has 1 aromatic heterocycles. The van der Waals surface area contributed by atoms with Crippen LogP contribution in [0.2, 0.25) is 5.02 Å². The van der Waals surface area contributed by atoms with Crippen molar-refractivity contribution in [3.8, 4) is 16.9 Å². The lowest BCUT2D eigenvalue weighted by Gasteiger charge is -2.10. The van der Waals surface area contributed by atoms with E-state index in [1.54, 1.807) is 14.0 Å². The highest BCUT2D eigenvalue weighted by atomic mass is 35.5. The van der Waals surface area contributed by atoms with Crippen LogP contribution in [0.1, 0.15) is 18.2 Å². The van der Waals surface area contributed by atoms with E-state index in [0.29, 0.717) is 12.2 Å². The molecule has 3 nitrogen and oxygen atoms in total. The predicted molar refractivity (Wildman–Crippen MR) is 74.7 cm³/mol. The van der Waals surface area contributed by atoms with Crippen LogP contribution in [0, 0.1) is 0 Å². The fourth-order valence-electron chi connectivity index (χ4n) is 2.05. The summed E-state index contributed by atoms with van der Waals surface area (Å²) < 4.78 is 44.0. The van der Waals surface area contributed by atoms with E-state index < -0.39 is 11.7 Å². The number of nitrogens with one attached hydrogen (secondary N) is 1. The summed E-state index contributed by atoms with van der Waals surface area (Å²) in [5.74, 6) is 0.305. The standard InChI is InChI=1S/C14H13ClF3NO2/c1-3-10-12(20)11(13(19-2)21-10)7-4-8(14(16,17)18)6-9(15)5-7/h4-6,19-20H,3H2,1-2H3. The monoisotopic (exact) mass is 319 g/mol. The molecule has 2 rings (SSSR count). The Bertz CT molecular complexity index is 665. The van der Waals surface area contributed by atoms with Gasteiger partial charge >= 0.3 is 6.18 Å². The van der Waals surface area contributed by atoms with Crippen LogP contribution in [0.25, 0.3) is 11.1 Å². The van der Waals surface area contributed by atoms with Crippen molar-refractivity contribution in [3.63, 3.8) is 0 Å². The molecule has 0 saturated carbocycles. The third-order valence-electron chi connectivity index (χ3n) is 3.02. The quantitative estimate of drug-likeness (QED) is 0.843. The van der Waals surface area contributed by atoms with Crippen LogP contribution >= 0.6 is 11.6 Å². The van der Waals surface area contributed by atoms with Gasteiger partial charge in [-0.05, 0) is 23.8 Å². The molecule has 2 N–H and O–H groups in total. The molecule has 21 heavy (non-hydrogen) atoms. The van der Waals surface area contributed by atoms with E-state index >= 15 is 0 Å². The van der Waals surface area contributed by atoms with E-state index in [1.807, 2.05) is 0 Å². The van der Waals surface area contributed by atoms with Gasteiger partial charge in [-0.15, -0.1) is 0 Å². The van der Waals surface area contributed by atoms with Gasteiger partial charge in [0.15, 0.2) is 5.75 Å². The second kappa shape index (κ2) is 5.52. The van der Waals surface area contributed by atoms with Gasteiger partial charge in [0.05, 0.1) is 11.1 Å². The van der Waals surface area contributed by atoms with E-state index in [4.69, 9.17) is 16.0 Å². The van der Waals surface area contributed by atoms with E-state index in [0.717, 1.165) is 12.1 Å². The molecule has 0 radical (unpaired) electrons. The summed E-state index contributed by atoms with van der Waals surface area (Å²) in [6.45, 7) is 1.76. The van der Waals surface area contributed by atoms with Gasteiger partial charge in [0.25, 0.3) is 0 Å². The third kappa shape index (κ3) is 2.95. The van der Waals surface area contributed by atoms with E-state index in [-0.39, 0.29) is 27.8 Å². The molecule has 0 bridgehead atoms. The van der Waals surface area contributed by atoms with Crippen LogP contribution in [0.3, 0.4) is 0 Å². The molecule has 0 fully saturated rings. The highest BCUT2D eigenvalue weighted by molar-refractivity contribution is 6.31. The summed E-state index contributed by atoms with van der Waals surface area (Å²) >= 11 is 5.76. The van der Waals surface area contributed by atoms with Gasteiger partial charge in [-0.25, -0.2) is 0 Å². The number of furan rings is 1. The second-order valence-electron chi connectivity index (χ2n) is 4.41. The van der Waals surface area contributed by atoms with Crippen molar-refractivity contribution in [2.75, 3.05) is 12.4 Å². The van der Waals surface area contributed by atoms with Crippen LogP contribution in [0.4, 0.5) is 19.1 Å². The van der Waals surface area contributed by atoms with Crippen molar-refractivity contribution in [3.05, 3.63) is 34.5 Å². The fourth-order valence-corrected chi connectivity index (χ4v) is 2.29. The molecule has 0 atom stereocenters. The van der Waals surface area contributed by atoms with Gasteiger partial charge in [-0.1, -0.05) is 18.5 Å². The molecule has 1 aromatic carbocycles. The number of anilines is 1. The van der Waals surface area contributed by atoms with Crippen molar-refractivity contribution in [2.45, 2.75) is 19.5 Å². The number of hydrogen-bond acceptors (Lipinski definition) is 3. The minimum absolute atomic E-state index is 0.0690. The number of aryl methyl sites for hydroxylation is 1. The van der Waals surface area contributed by atoms with Gasteiger partial charge in [0.1, 0.15) is 5.76 Å². The minimum Gasteiger partial charge on any atom is -0.504 e. The number of aromatic hydroxyl groups is 1. The zero-order chi connectivity index (χ0) is 15.8. The first-order valence-electron chi connectivity index (χ1n) is 6.18. The zero-order valence-electron chi connectivity index (χ0n) is 11.3. The minimum atomic E-state index is -4.52. The molecule has 0 unspecified atom stereocenters. The molecule has 114 valence electrons. The van der Waals surface area contributed by atoms with Crippen LogP contribution < -0.4 is 5.32 Å². The number of halogens is 4. The Labute approximate surface area is 124 Å². The lowest BCUT2D eigenvalue weighted by atomic mass is 10.0. The van der Waals surface area contributed by atoms with Gasteiger partial charge in [-0.3, -0.25) is 0 Å². The highest BCUT2D eigenvalue weighted by Crippen LogP contribution is 2.44. The summed E-state index contributed by atoms with van der Waals surface area (Å²) in [5.41, 5.74) is -0.576. The SMILES string of the molecule is CCc1oc(NC)c(-c2cc(Cl)cc(C(F)(F)F)c2)c1O. The molecule has 0 aliphatic rings. The maximum Gasteiger partial charge on any atom is 0.416 e. The molecule has 2 aromatic rings. The molecular weight excluding hydrogens is 307 g/mol. The summed E-state index contributed by atoms with van der Waals surface area (Å²) in [6, 6.07) is 3.11. The summed E-state index contributed by atoms with van der Waals surface area (Å²) in [6.07, 6.45) is -4.11. The zero-order valence-corrected chi connectivity index (χ0v) is 12.1. The Balaban J connectivity index is 2.67. The molecule has 0 aliphatic heterocycles. The lowest BCUT2D eigenvalue weighted by molar-refractivity contribution is -0.137.